The zero-order valence-electron chi connectivity index (χ0n) is 11.0. The number of ether oxygens (including phenoxy) is 2. The van der Waals surface area contributed by atoms with Crippen LogP contribution in [-0.4, -0.2) is 19.0 Å². The Morgan fingerprint density at radius 3 is 2.65 bits per heavy atom. The largest absolute Gasteiger partial charge is 0.469 e. The van der Waals surface area contributed by atoms with E-state index in [4.69, 9.17) is 9.15 Å². The number of methoxy groups -OCH3 is 1. The van der Waals surface area contributed by atoms with Crippen LogP contribution in [0.3, 0.4) is 0 Å². The molecule has 104 valence electrons. The third-order valence-electron chi connectivity index (χ3n) is 2.63. The number of hydrogen-bond acceptors (Lipinski definition) is 6. The van der Waals surface area contributed by atoms with Crippen LogP contribution in [-0.2, 0) is 20.7 Å². The SMILES string of the molecule is COC(=O)Cc1cc(=O)oc2cc(OC(C)=O)ccc12. The van der Waals surface area contributed by atoms with Gasteiger partial charge in [0, 0.05) is 24.4 Å². The van der Waals surface area contributed by atoms with Crippen molar-refractivity contribution in [3.63, 3.8) is 0 Å². The standard InChI is InChI=1S/C14H12O6/c1-8(15)19-10-3-4-11-9(5-13(16)18-2)6-14(17)20-12(11)7-10/h3-4,6-7H,5H2,1-2H3. The Balaban J connectivity index is 2.52. The highest BCUT2D eigenvalue weighted by atomic mass is 16.5. The number of carbonyl (C=O) groups is 2. The maximum atomic E-state index is 11.5. The molecule has 1 aromatic heterocycles. The van der Waals surface area contributed by atoms with Gasteiger partial charge in [0.2, 0.25) is 0 Å². The lowest BCUT2D eigenvalue weighted by atomic mass is 10.1. The first-order valence-electron chi connectivity index (χ1n) is 5.81. The summed E-state index contributed by atoms with van der Waals surface area (Å²) in [6, 6.07) is 5.85. The number of esters is 2. The topological polar surface area (TPSA) is 82.8 Å². The normalized spacial score (nSPS) is 10.3. The molecule has 0 saturated heterocycles. The van der Waals surface area contributed by atoms with Crippen molar-refractivity contribution in [1.29, 1.82) is 0 Å². The van der Waals surface area contributed by atoms with E-state index in [-0.39, 0.29) is 17.8 Å². The zero-order valence-corrected chi connectivity index (χ0v) is 11.0. The molecule has 20 heavy (non-hydrogen) atoms. The van der Waals surface area contributed by atoms with Gasteiger partial charge in [-0.2, -0.15) is 0 Å². The molecule has 0 saturated carbocycles. The van der Waals surface area contributed by atoms with Crippen molar-refractivity contribution in [2.24, 2.45) is 0 Å². The van der Waals surface area contributed by atoms with Crippen molar-refractivity contribution in [2.45, 2.75) is 13.3 Å². The Morgan fingerprint density at radius 2 is 2.00 bits per heavy atom. The van der Waals surface area contributed by atoms with Gasteiger partial charge in [-0.15, -0.1) is 0 Å². The highest BCUT2D eigenvalue weighted by Crippen LogP contribution is 2.23. The molecular formula is C14H12O6. The zero-order chi connectivity index (χ0) is 14.7. The summed E-state index contributed by atoms with van der Waals surface area (Å²) in [4.78, 5) is 33.7. The third kappa shape index (κ3) is 3.03. The van der Waals surface area contributed by atoms with E-state index < -0.39 is 17.6 Å². The predicted molar refractivity (Wildman–Crippen MR) is 69.5 cm³/mol. The van der Waals surface area contributed by atoms with Crippen molar-refractivity contribution >= 4 is 22.9 Å². The minimum Gasteiger partial charge on any atom is -0.469 e. The van der Waals surface area contributed by atoms with Crippen molar-refractivity contribution in [3.05, 3.63) is 40.2 Å². The van der Waals surface area contributed by atoms with E-state index in [1.807, 2.05) is 0 Å². The van der Waals surface area contributed by atoms with Gasteiger partial charge in [-0.1, -0.05) is 0 Å². The minimum atomic E-state index is -0.587. The molecule has 0 spiro atoms. The Hall–Kier alpha value is -2.63. The summed E-state index contributed by atoms with van der Waals surface area (Å²) in [5, 5.41) is 0.589. The summed E-state index contributed by atoms with van der Waals surface area (Å²) >= 11 is 0. The molecule has 6 nitrogen and oxygen atoms in total. The number of rotatable bonds is 3. The first kappa shape index (κ1) is 13.8. The molecule has 2 aromatic rings. The molecule has 1 heterocycles. The smallest absolute Gasteiger partial charge is 0.336 e. The van der Waals surface area contributed by atoms with Crippen LogP contribution < -0.4 is 10.4 Å². The molecule has 0 N–H and O–H groups in total. The summed E-state index contributed by atoms with van der Waals surface area (Å²) in [5.74, 6) is -0.665. The van der Waals surface area contributed by atoms with Gasteiger partial charge in [0.05, 0.1) is 13.5 Å². The molecule has 0 unspecified atom stereocenters. The molecule has 0 bridgehead atoms. The molecule has 1 aromatic carbocycles. The maximum absolute atomic E-state index is 11.5. The van der Waals surface area contributed by atoms with E-state index >= 15 is 0 Å². The molecular weight excluding hydrogens is 264 g/mol. The van der Waals surface area contributed by atoms with E-state index in [1.165, 1.54) is 26.2 Å². The van der Waals surface area contributed by atoms with Gasteiger partial charge in [-0.25, -0.2) is 4.79 Å². The summed E-state index contributed by atoms with van der Waals surface area (Å²) < 4.78 is 14.5. The fourth-order valence-electron chi connectivity index (χ4n) is 1.81. The molecule has 2 rings (SSSR count). The lowest BCUT2D eigenvalue weighted by Gasteiger charge is -2.06. The van der Waals surface area contributed by atoms with E-state index in [0.29, 0.717) is 10.9 Å². The Morgan fingerprint density at radius 1 is 1.25 bits per heavy atom. The summed E-state index contributed by atoms with van der Waals surface area (Å²) in [6.07, 6.45) is -0.0362. The molecule has 6 heteroatoms. The highest BCUT2D eigenvalue weighted by Gasteiger charge is 2.11. The Bertz CT molecular complexity index is 728. The van der Waals surface area contributed by atoms with Crippen LogP contribution in [0, 0.1) is 0 Å². The van der Waals surface area contributed by atoms with Gasteiger partial charge in [-0.05, 0) is 17.7 Å². The van der Waals surface area contributed by atoms with Gasteiger partial charge in [0.1, 0.15) is 11.3 Å². The van der Waals surface area contributed by atoms with Crippen LogP contribution in [0.15, 0.2) is 33.5 Å². The monoisotopic (exact) mass is 276 g/mol. The molecule has 0 aliphatic heterocycles. The number of carbonyl (C=O) groups excluding carboxylic acids is 2. The second kappa shape index (κ2) is 5.56. The summed E-state index contributed by atoms with van der Waals surface area (Å²) in [5.41, 5.74) is 0.156. The van der Waals surface area contributed by atoms with E-state index in [9.17, 15) is 14.4 Å². The fourth-order valence-corrected chi connectivity index (χ4v) is 1.81. The Labute approximate surface area is 113 Å². The van der Waals surface area contributed by atoms with Crippen molar-refractivity contribution < 1.29 is 23.5 Å². The van der Waals surface area contributed by atoms with Gasteiger partial charge >= 0.3 is 17.6 Å². The van der Waals surface area contributed by atoms with Crippen LogP contribution in [0.1, 0.15) is 12.5 Å². The van der Waals surface area contributed by atoms with E-state index in [2.05, 4.69) is 4.74 Å². The number of hydrogen-bond donors (Lipinski definition) is 0. The van der Waals surface area contributed by atoms with E-state index in [0.717, 1.165) is 0 Å². The minimum absolute atomic E-state index is 0.0362. The van der Waals surface area contributed by atoms with Gasteiger partial charge in [0.25, 0.3) is 0 Å². The van der Waals surface area contributed by atoms with Crippen molar-refractivity contribution in [3.8, 4) is 5.75 Å². The Kier molecular flexibility index (Phi) is 3.84. The summed E-state index contributed by atoms with van der Waals surface area (Å²) in [7, 11) is 1.27. The van der Waals surface area contributed by atoms with Gasteiger partial charge in [0.15, 0.2) is 0 Å². The second-order valence-electron chi connectivity index (χ2n) is 4.10. The number of benzene rings is 1. The molecule has 0 aliphatic rings. The average Bonchev–Trinajstić information content (AvgIpc) is 2.37. The molecule has 0 radical (unpaired) electrons. The molecule has 0 aliphatic carbocycles. The van der Waals surface area contributed by atoms with Crippen LogP contribution in [0.4, 0.5) is 0 Å². The summed E-state index contributed by atoms with van der Waals surface area (Å²) in [6.45, 7) is 1.27. The molecule has 0 fully saturated rings. The van der Waals surface area contributed by atoms with Crippen LogP contribution in [0.5, 0.6) is 5.75 Å². The van der Waals surface area contributed by atoms with Crippen LogP contribution in [0.2, 0.25) is 0 Å². The third-order valence-corrected chi connectivity index (χ3v) is 2.63. The van der Waals surface area contributed by atoms with Crippen molar-refractivity contribution in [2.75, 3.05) is 7.11 Å². The van der Waals surface area contributed by atoms with Gasteiger partial charge < -0.3 is 13.9 Å². The van der Waals surface area contributed by atoms with Gasteiger partial charge in [-0.3, -0.25) is 9.59 Å². The predicted octanol–water partition coefficient (Wildman–Crippen LogP) is 1.43. The highest BCUT2D eigenvalue weighted by molar-refractivity contribution is 5.86. The van der Waals surface area contributed by atoms with Crippen LogP contribution >= 0.6 is 0 Å². The first-order chi connectivity index (χ1) is 9.49. The molecule has 0 amide bonds. The lowest BCUT2D eigenvalue weighted by Crippen LogP contribution is -2.08. The second-order valence-corrected chi connectivity index (χ2v) is 4.10. The lowest BCUT2D eigenvalue weighted by molar-refractivity contribution is -0.139. The van der Waals surface area contributed by atoms with E-state index in [1.54, 1.807) is 12.1 Å². The fraction of sp³-hybridized carbons (Fsp3) is 0.214. The molecule has 0 atom stereocenters. The van der Waals surface area contributed by atoms with Crippen LogP contribution in [0.25, 0.3) is 11.0 Å². The number of fused-ring (bicyclic) bond motifs is 1. The average molecular weight is 276 g/mol. The first-order valence-corrected chi connectivity index (χ1v) is 5.81. The maximum Gasteiger partial charge on any atom is 0.336 e. The van der Waals surface area contributed by atoms with Crippen molar-refractivity contribution in [1.82, 2.24) is 0 Å². The quantitative estimate of drug-likeness (QED) is 0.479.